The molecule has 0 bridgehead atoms. The van der Waals surface area contributed by atoms with Gasteiger partial charge in [0.15, 0.2) is 0 Å². The number of amides is 2. The van der Waals surface area contributed by atoms with Gasteiger partial charge in [0.2, 0.25) is 0 Å². The molecule has 0 atom stereocenters. The smallest absolute Gasteiger partial charge is 0.315 e. The zero-order valence-electron chi connectivity index (χ0n) is 15.0. The van der Waals surface area contributed by atoms with Crippen LogP contribution in [0.2, 0.25) is 0 Å². The lowest BCUT2D eigenvalue weighted by Crippen LogP contribution is -2.36. The minimum atomic E-state index is -0.113. The van der Waals surface area contributed by atoms with Crippen molar-refractivity contribution in [3.8, 4) is 5.75 Å². The van der Waals surface area contributed by atoms with E-state index in [1.54, 1.807) is 7.11 Å². The van der Waals surface area contributed by atoms with Gasteiger partial charge in [0, 0.05) is 13.1 Å². The Labute approximate surface area is 149 Å². The SMILES string of the molecule is COc1cccc(CNC(=O)NCCC2Cc3ccccc3C2)c1C. The zero-order valence-corrected chi connectivity index (χ0v) is 15.0. The minimum absolute atomic E-state index is 0.113. The first-order chi connectivity index (χ1) is 12.2. The number of nitrogens with one attached hydrogen (secondary N) is 2. The molecule has 1 aliphatic rings. The van der Waals surface area contributed by atoms with Crippen molar-refractivity contribution in [1.29, 1.82) is 0 Å². The summed E-state index contributed by atoms with van der Waals surface area (Å²) in [5.74, 6) is 1.49. The number of urea groups is 1. The van der Waals surface area contributed by atoms with E-state index in [-0.39, 0.29) is 6.03 Å². The van der Waals surface area contributed by atoms with Crippen molar-refractivity contribution in [2.45, 2.75) is 32.7 Å². The van der Waals surface area contributed by atoms with Gasteiger partial charge in [-0.05, 0) is 60.4 Å². The second kappa shape index (κ2) is 8.06. The highest BCUT2D eigenvalue weighted by atomic mass is 16.5. The van der Waals surface area contributed by atoms with Crippen LogP contribution in [0.15, 0.2) is 42.5 Å². The van der Waals surface area contributed by atoms with Gasteiger partial charge in [-0.25, -0.2) is 4.79 Å². The number of hydrogen-bond acceptors (Lipinski definition) is 2. The van der Waals surface area contributed by atoms with Crippen LogP contribution < -0.4 is 15.4 Å². The van der Waals surface area contributed by atoms with E-state index in [1.165, 1.54) is 11.1 Å². The quantitative estimate of drug-likeness (QED) is 0.845. The summed E-state index contributed by atoms with van der Waals surface area (Å²) in [6.07, 6.45) is 3.27. The van der Waals surface area contributed by atoms with Gasteiger partial charge in [-0.1, -0.05) is 36.4 Å². The first-order valence-electron chi connectivity index (χ1n) is 8.88. The molecule has 0 saturated carbocycles. The van der Waals surface area contributed by atoms with E-state index in [4.69, 9.17) is 4.74 Å². The van der Waals surface area contributed by atoms with Gasteiger partial charge >= 0.3 is 6.03 Å². The van der Waals surface area contributed by atoms with Crippen molar-refractivity contribution in [2.24, 2.45) is 5.92 Å². The topological polar surface area (TPSA) is 50.4 Å². The Bertz CT molecular complexity index is 717. The standard InChI is InChI=1S/C21H26N2O2/c1-15-19(8-5-9-20(15)25-2)14-23-21(24)22-11-10-16-12-17-6-3-4-7-18(17)13-16/h3-9,16H,10-14H2,1-2H3,(H2,22,23,24). The van der Waals surface area contributed by atoms with Gasteiger partial charge in [-0.15, -0.1) is 0 Å². The van der Waals surface area contributed by atoms with Crippen LogP contribution in [0.4, 0.5) is 4.79 Å². The number of ether oxygens (including phenoxy) is 1. The van der Waals surface area contributed by atoms with Crippen molar-refractivity contribution >= 4 is 6.03 Å². The number of methoxy groups -OCH3 is 1. The maximum atomic E-state index is 12.0. The molecule has 0 aliphatic heterocycles. The Balaban J connectivity index is 1.39. The van der Waals surface area contributed by atoms with E-state index in [0.717, 1.165) is 36.1 Å². The fourth-order valence-corrected chi connectivity index (χ4v) is 3.55. The van der Waals surface area contributed by atoms with Gasteiger partial charge in [-0.2, -0.15) is 0 Å². The van der Waals surface area contributed by atoms with Crippen molar-refractivity contribution < 1.29 is 9.53 Å². The van der Waals surface area contributed by atoms with Gasteiger partial charge in [0.05, 0.1) is 7.11 Å². The third-order valence-corrected chi connectivity index (χ3v) is 5.03. The summed E-state index contributed by atoms with van der Waals surface area (Å²) >= 11 is 0. The number of benzene rings is 2. The van der Waals surface area contributed by atoms with Gasteiger partial charge in [0.1, 0.15) is 5.75 Å². The van der Waals surface area contributed by atoms with Crippen LogP contribution >= 0.6 is 0 Å². The summed E-state index contributed by atoms with van der Waals surface area (Å²) in [5, 5.41) is 5.90. The molecule has 0 spiro atoms. The van der Waals surface area contributed by atoms with Crippen LogP contribution in [0.25, 0.3) is 0 Å². The number of carbonyl (C=O) groups is 1. The average Bonchev–Trinajstić information content (AvgIpc) is 3.03. The second-order valence-corrected chi connectivity index (χ2v) is 6.69. The molecule has 0 fully saturated rings. The average molecular weight is 338 g/mol. The van der Waals surface area contributed by atoms with E-state index in [9.17, 15) is 4.79 Å². The van der Waals surface area contributed by atoms with E-state index in [2.05, 4.69) is 34.9 Å². The maximum absolute atomic E-state index is 12.0. The maximum Gasteiger partial charge on any atom is 0.315 e. The molecule has 0 heterocycles. The van der Waals surface area contributed by atoms with Gasteiger partial charge < -0.3 is 15.4 Å². The van der Waals surface area contributed by atoms with Crippen LogP contribution in [0.3, 0.4) is 0 Å². The van der Waals surface area contributed by atoms with E-state index in [1.807, 2.05) is 25.1 Å². The largest absolute Gasteiger partial charge is 0.496 e. The summed E-state index contributed by atoms with van der Waals surface area (Å²) in [5.41, 5.74) is 5.06. The Morgan fingerprint density at radius 2 is 1.80 bits per heavy atom. The third-order valence-electron chi connectivity index (χ3n) is 5.03. The van der Waals surface area contributed by atoms with Crippen molar-refractivity contribution in [2.75, 3.05) is 13.7 Å². The molecule has 0 unspecified atom stereocenters. The van der Waals surface area contributed by atoms with Crippen LogP contribution in [0.1, 0.15) is 28.7 Å². The van der Waals surface area contributed by atoms with E-state index >= 15 is 0 Å². The molecule has 25 heavy (non-hydrogen) atoms. The molecule has 1 aliphatic carbocycles. The first kappa shape index (κ1) is 17.3. The third kappa shape index (κ3) is 4.32. The number of hydrogen-bond donors (Lipinski definition) is 2. The summed E-state index contributed by atoms with van der Waals surface area (Å²) in [4.78, 5) is 12.0. The molecule has 3 rings (SSSR count). The fraction of sp³-hybridized carbons (Fsp3) is 0.381. The monoisotopic (exact) mass is 338 g/mol. The molecular formula is C21H26N2O2. The molecule has 132 valence electrons. The van der Waals surface area contributed by atoms with Crippen LogP contribution in [-0.2, 0) is 19.4 Å². The van der Waals surface area contributed by atoms with E-state index < -0.39 is 0 Å². The van der Waals surface area contributed by atoms with Crippen molar-refractivity contribution in [1.82, 2.24) is 10.6 Å². The number of rotatable bonds is 6. The van der Waals surface area contributed by atoms with Gasteiger partial charge in [-0.3, -0.25) is 0 Å². The molecule has 2 amide bonds. The number of carbonyl (C=O) groups excluding carboxylic acids is 1. The Kier molecular flexibility index (Phi) is 5.59. The number of fused-ring (bicyclic) bond motifs is 1. The lowest BCUT2D eigenvalue weighted by molar-refractivity contribution is 0.239. The van der Waals surface area contributed by atoms with Crippen molar-refractivity contribution in [3.63, 3.8) is 0 Å². The molecule has 0 aromatic heterocycles. The molecule has 2 aromatic carbocycles. The zero-order chi connectivity index (χ0) is 17.6. The molecule has 0 saturated heterocycles. The summed E-state index contributed by atoms with van der Waals surface area (Å²) in [6, 6.07) is 14.4. The molecule has 4 nitrogen and oxygen atoms in total. The lowest BCUT2D eigenvalue weighted by Gasteiger charge is -2.13. The van der Waals surface area contributed by atoms with Crippen LogP contribution in [-0.4, -0.2) is 19.7 Å². The van der Waals surface area contributed by atoms with Crippen molar-refractivity contribution in [3.05, 3.63) is 64.7 Å². The molecule has 0 radical (unpaired) electrons. The fourth-order valence-electron chi connectivity index (χ4n) is 3.55. The predicted octanol–water partition coefficient (Wildman–Crippen LogP) is 3.61. The van der Waals surface area contributed by atoms with Crippen LogP contribution in [0, 0.1) is 12.8 Å². The second-order valence-electron chi connectivity index (χ2n) is 6.69. The highest BCUT2D eigenvalue weighted by molar-refractivity contribution is 5.73. The highest BCUT2D eigenvalue weighted by Gasteiger charge is 2.20. The molecule has 4 heteroatoms. The van der Waals surface area contributed by atoms with E-state index in [0.29, 0.717) is 19.0 Å². The summed E-state index contributed by atoms with van der Waals surface area (Å²) < 4.78 is 5.31. The summed E-state index contributed by atoms with van der Waals surface area (Å²) in [6.45, 7) is 3.22. The lowest BCUT2D eigenvalue weighted by atomic mass is 10.0. The summed E-state index contributed by atoms with van der Waals surface area (Å²) in [7, 11) is 1.66. The first-order valence-corrected chi connectivity index (χ1v) is 8.88. The Morgan fingerprint density at radius 1 is 1.08 bits per heavy atom. The Hall–Kier alpha value is -2.49. The molecule has 2 N–H and O–H groups in total. The predicted molar refractivity (Wildman–Crippen MR) is 99.9 cm³/mol. The highest BCUT2D eigenvalue weighted by Crippen LogP contribution is 2.28. The van der Waals surface area contributed by atoms with Crippen LogP contribution in [0.5, 0.6) is 5.75 Å². The molecule has 2 aromatic rings. The molecular weight excluding hydrogens is 312 g/mol. The van der Waals surface area contributed by atoms with Gasteiger partial charge in [0.25, 0.3) is 0 Å². The Morgan fingerprint density at radius 3 is 2.48 bits per heavy atom. The normalized spacial score (nSPS) is 13.4. The minimum Gasteiger partial charge on any atom is -0.496 e.